The fourth-order valence-electron chi connectivity index (χ4n) is 2.66. The van der Waals surface area contributed by atoms with E-state index >= 15 is 0 Å². The molecule has 1 amide bonds. The summed E-state index contributed by atoms with van der Waals surface area (Å²) in [5, 5.41) is 2.45. The van der Waals surface area contributed by atoms with E-state index in [1.165, 1.54) is 25.3 Å². The number of hydrogen-bond acceptors (Lipinski definition) is 4. The number of aromatic amines is 1. The van der Waals surface area contributed by atoms with Crippen LogP contribution in [0.1, 0.15) is 11.3 Å². The van der Waals surface area contributed by atoms with E-state index in [2.05, 4.69) is 27.1 Å². The minimum Gasteiger partial charge on any atom is -0.489 e. The number of ether oxygens (including phenoxy) is 2. The molecule has 0 radical (unpaired) electrons. The summed E-state index contributed by atoms with van der Waals surface area (Å²) >= 11 is 0. The molecule has 0 aliphatic rings. The van der Waals surface area contributed by atoms with Gasteiger partial charge in [-0.1, -0.05) is 5.92 Å². The second-order valence-corrected chi connectivity index (χ2v) is 6.56. The fourth-order valence-corrected chi connectivity index (χ4v) is 2.66. The number of methoxy groups -OCH3 is 1. The molecule has 172 valence electrons. The van der Waals surface area contributed by atoms with Crippen molar-refractivity contribution in [3.05, 3.63) is 65.5 Å². The molecule has 3 aromatic rings. The molecule has 0 fully saturated rings. The zero-order chi connectivity index (χ0) is 24.0. The minimum atomic E-state index is -4.60. The third-order valence-corrected chi connectivity index (χ3v) is 4.11. The Kier molecular flexibility index (Phi) is 7.30. The molecule has 33 heavy (non-hydrogen) atoms. The average Bonchev–Trinajstić information content (AvgIpc) is 3.24. The summed E-state index contributed by atoms with van der Waals surface area (Å²) in [7, 11) is 1.47. The van der Waals surface area contributed by atoms with Gasteiger partial charge in [-0.15, -0.1) is 0 Å². The summed E-state index contributed by atoms with van der Waals surface area (Å²) in [5.41, 5.74) is -0.752. The van der Waals surface area contributed by atoms with Crippen molar-refractivity contribution in [2.24, 2.45) is 0 Å². The number of aromatic nitrogens is 2. The highest BCUT2D eigenvalue weighted by molar-refractivity contribution is 6.05. The molecule has 3 rings (SSSR count). The lowest BCUT2D eigenvalue weighted by Crippen LogP contribution is -2.12. The van der Waals surface area contributed by atoms with E-state index in [4.69, 9.17) is 9.47 Å². The van der Waals surface area contributed by atoms with Gasteiger partial charge in [0, 0.05) is 30.2 Å². The SMILES string of the molecule is COCCOc1ccc(-c2ncc(C(F)(F)F)[nH]2)cc1NC(=O)C#Cc1cc(F)cc(F)c1. The molecule has 0 atom stereocenters. The lowest BCUT2D eigenvalue weighted by Gasteiger charge is -2.12. The van der Waals surface area contributed by atoms with E-state index < -0.39 is 29.4 Å². The molecule has 0 saturated carbocycles. The largest absolute Gasteiger partial charge is 0.489 e. The first-order chi connectivity index (χ1) is 15.7. The van der Waals surface area contributed by atoms with E-state index in [0.29, 0.717) is 12.3 Å². The Morgan fingerprint density at radius 3 is 2.48 bits per heavy atom. The number of halogens is 5. The first kappa shape index (κ1) is 23.7. The van der Waals surface area contributed by atoms with Gasteiger partial charge in [0.2, 0.25) is 0 Å². The van der Waals surface area contributed by atoms with Crippen molar-refractivity contribution in [2.75, 3.05) is 25.6 Å². The van der Waals surface area contributed by atoms with Crippen molar-refractivity contribution in [3.63, 3.8) is 0 Å². The van der Waals surface area contributed by atoms with Crippen LogP contribution in [0, 0.1) is 23.5 Å². The van der Waals surface area contributed by atoms with Crippen molar-refractivity contribution in [2.45, 2.75) is 6.18 Å². The summed E-state index contributed by atoms with van der Waals surface area (Å²) in [4.78, 5) is 18.2. The van der Waals surface area contributed by atoms with E-state index in [1.54, 1.807) is 0 Å². The van der Waals surface area contributed by atoms with Crippen LogP contribution in [0.4, 0.5) is 27.6 Å². The van der Waals surface area contributed by atoms with Crippen molar-refractivity contribution in [1.29, 1.82) is 0 Å². The highest BCUT2D eigenvalue weighted by Crippen LogP contribution is 2.32. The molecule has 0 bridgehead atoms. The molecule has 11 heteroatoms. The van der Waals surface area contributed by atoms with Crippen LogP contribution in [-0.4, -0.2) is 36.2 Å². The van der Waals surface area contributed by atoms with E-state index in [-0.39, 0.29) is 41.6 Å². The zero-order valence-electron chi connectivity index (χ0n) is 17.0. The first-order valence-corrected chi connectivity index (χ1v) is 9.33. The number of benzene rings is 2. The van der Waals surface area contributed by atoms with Gasteiger partial charge in [0.05, 0.1) is 18.5 Å². The Labute approximate surface area is 184 Å². The third kappa shape index (κ3) is 6.54. The molecule has 2 aromatic carbocycles. The lowest BCUT2D eigenvalue weighted by atomic mass is 10.1. The molecule has 0 saturated heterocycles. The van der Waals surface area contributed by atoms with Gasteiger partial charge in [-0.25, -0.2) is 13.8 Å². The molecule has 0 unspecified atom stereocenters. The van der Waals surface area contributed by atoms with E-state index in [0.717, 1.165) is 12.1 Å². The van der Waals surface area contributed by atoms with Gasteiger partial charge in [-0.2, -0.15) is 13.2 Å². The van der Waals surface area contributed by atoms with Crippen LogP contribution in [0.2, 0.25) is 0 Å². The number of alkyl halides is 3. The number of hydrogen-bond donors (Lipinski definition) is 2. The summed E-state index contributed by atoms with van der Waals surface area (Å²) in [6.45, 7) is 0.374. The number of nitrogens with one attached hydrogen (secondary N) is 2. The Morgan fingerprint density at radius 2 is 1.85 bits per heavy atom. The molecule has 1 heterocycles. The molecule has 2 N–H and O–H groups in total. The van der Waals surface area contributed by atoms with Crippen LogP contribution in [-0.2, 0) is 15.7 Å². The number of nitrogens with zero attached hydrogens (tertiary/aromatic N) is 1. The summed E-state index contributed by atoms with van der Waals surface area (Å²) < 4.78 is 75.5. The van der Waals surface area contributed by atoms with Crippen LogP contribution in [0.25, 0.3) is 11.4 Å². The Morgan fingerprint density at radius 1 is 1.12 bits per heavy atom. The number of imidazole rings is 1. The molecule has 0 aliphatic heterocycles. The topological polar surface area (TPSA) is 76.2 Å². The summed E-state index contributed by atoms with van der Waals surface area (Å²) in [6.07, 6.45) is -3.95. The average molecular weight is 465 g/mol. The lowest BCUT2D eigenvalue weighted by molar-refractivity contribution is -0.140. The van der Waals surface area contributed by atoms with Crippen LogP contribution in [0.5, 0.6) is 5.75 Å². The van der Waals surface area contributed by atoms with Crippen LogP contribution < -0.4 is 10.1 Å². The number of anilines is 1. The molecular weight excluding hydrogens is 449 g/mol. The van der Waals surface area contributed by atoms with Crippen LogP contribution >= 0.6 is 0 Å². The molecule has 1 aromatic heterocycles. The third-order valence-electron chi connectivity index (χ3n) is 4.11. The second-order valence-electron chi connectivity index (χ2n) is 6.56. The predicted molar refractivity (Wildman–Crippen MR) is 108 cm³/mol. The number of amides is 1. The second kappa shape index (κ2) is 10.1. The van der Waals surface area contributed by atoms with Gasteiger partial charge in [0.15, 0.2) is 0 Å². The van der Waals surface area contributed by atoms with Gasteiger partial charge in [0.25, 0.3) is 0 Å². The Bertz CT molecular complexity index is 1190. The molecular formula is C22H16F5N3O3. The zero-order valence-corrected chi connectivity index (χ0v) is 17.0. The number of rotatable bonds is 6. The fraction of sp³-hybridized carbons (Fsp3) is 0.182. The number of carbonyl (C=O) groups is 1. The number of carbonyl (C=O) groups excluding carboxylic acids is 1. The summed E-state index contributed by atoms with van der Waals surface area (Å²) in [5.74, 6) is 2.11. The Balaban J connectivity index is 1.87. The highest BCUT2D eigenvalue weighted by atomic mass is 19.4. The molecule has 0 aliphatic carbocycles. The van der Waals surface area contributed by atoms with Gasteiger partial charge in [-0.3, -0.25) is 4.79 Å². The smallest absolute Gasteiger partial charge is 0.432 e. The van der Waals surface area contributed by atoms with Crippen molar-refractivity contribution in [1.82, 2.24) is 9.97 Å². The van der Waals surface area contributed by atoms with Gasteiger partial charge in [0.1, 0.15) is 35.5 Å². The quantitative estimate of drug-likeness (QED) is 0.322. The predicted octanol–water partition coefficient (Wildman–Crippen LogP) is 4.39. The maximum atomic E-state index is 13.3. The Hall–Kier alpha value is -3.91. The molecule has 6 nitrogen and oxygen atoms in total. The van der Waals surface area contributed by atoms with Crippen molar-refractivity contribution < 1.29 is 36.2 Å². The van der Waals surface area contributed by atoms with Crippen molar-refractivity contribution in [3.8, 4) is 29.0 Å². The standard InChI is InChI=1S/C22H16F5N3O3/c1-32-6-7-33-18-4-3-14(21-28-12-19(30-21)22(25,26)27)10-17(18)29-20(31)5-2-13-8-15(23)11-16(24)9-13/h3-4,8-12H,6-7H2,1H3,(H,28,30)(H,29,31). The molecule has 0 spiro atoms. The van der Waals surface area contributed by atoms with Crippen LogP contribution in [0.15, 0.2) is 42.6 Å². The first-order valence-electron chi connectivity index (χ1n) is 9.33. The van der Waals surface area contributed by atoms with Crippen molar-refractivity contribution >= 4 is 11.6 Å². The van der Waals surface area contributed by atoms with E-state index in [9.17, 15) is 26.7 Å². The minimum absolute atomic E-state index is 0.0526. The maximum Gasteiger partial charge on any atom is 0.432 e. The highest BCUT2D eigenvalue weighted by Gasteiger charge is 2.33. The monoisotopic (exact) mass is 465 g/mol. The van der Waals surface area contributed by atoms with Gasteiger partial charge in [-0.05, 0) is 30.3 Å². The van der Waals surface area contributed by atoms with Crippen LogP contribution in [0.3, 0.4) is 0 Å². The maximum absolute atomic E-state index is 13.3. The normalized spacial score (nSPS) is 11.0. The summed E-state index contributed by atoms with van der Waals surface area (Å²) in [6, 6.07) is 6.82. The van der Waals surface area contributed by atoms with Gasteiger partial charge < -0.3 is 19.8 Å². The van der Waals surface area contributed by atoms with Gasteiger partial charge >= 0.3 is 12.1 Å². The van der Waals surface area contributed by atoms with E-state index in [1.807, 2.05) is 0 Å². The number of H-pyrrole nitrogens is 1.